The van der Waals surface area contributed by atoms with Gasteiger partial charge in [-0.2, -0.15) is 0 Å². The molecule has 10 nitrogen and oxygen atoms in total. The van der Waals surface area contributed by atoms with E-state index in [9.17, 15) is 24.8 Å². The maximum atomic E-state index is 13.8. The van der Waals surface area contributed by atoms with Crippen LogP contribution in [0.2, 0.25) is 0 Å². The van der Waals surface area contributed by atoms with Gasteiger partial charge in [-0.05, 0) is 55.8 Å². The number of hydrogen-bond donors (Lipinski definition) is 1. The first-order valence-corrected chi connectivity index (χ1v) is 13.3. The molecular weight excluding hydrogens is 578 g/mol. The number of benzene rings is 2. The number of esters is 1. The summed E-state index contributed by atoms with van der Waals surface area (Å²) in [5, 5.41) is 21.9. The Morgan fingerprint density at radius 3 is 2.71 bits per heavy atom. The number of aromatic hydroxyl groups is 1. The van der Waals surface area contributed by atoms with Crippen LogP contribution in [-0.2, 0) is 9.53 Å². The number of phenolic OH excluding ortho intramolecular Hbond substituents is 1. The van der Waals surface area contributed by atoms with Gasteiger partial charge in [0.1, 0.15) is 17.5 Å². The number of phenols is 1. The molecule has 1 aliphatic rings. The van der Waals surface area contributed by atoms with E-state index in [0.717, 1.165) is 11.3 Å². The van der Waals surface area contributed by atoms with Crippen molar-refractivity contribution in [3.8, 4) is 11.5 Å². The molecule has 1 N–H and O–H groups in total. The Balaban J connectivity index is 2.01. The van der Waals surface area contributed by atoms with E-state index in [2.05, 4.69) is 20.9 Å². The number of non-ortho nitro benzene ring substituents is 1. The van der Waals surface area contributed by atoms with Crippen LogP contribution in [0.4, 0.5) is 5.69 Å². The first kappa shape index (κ1) is 27.3. The Morgan fingerprint density at radius 1 is 1.34 bits per heavy atom. The van der Waals surface area contributed by atoms with Gasteiger partial charge in [-0.25, -0.2) is 9.79 Å². The van der Waals surface area contributed by atoms with Crippen LogP contribution < -0.4 is 19.6 Å². The smallest absolute Gasteiger partial charge is 0.338 e. The number of carbonyl (C=O) groups is 1. The van der Waals surface area contributed by atoms with Gasteiger partial charge in [-0.3, -0.25) is 19.5 Å². The summed E-state index contributed by atoms with van der Waals surface area (Å²) in [6, 6.07) is 8.59. The molecule has 12 heteroatoms. The van der Waals surface area contributed by atoms with Crippen LogP contribution in [0.15, 0.2) is 61.9 Å². The van der Waals surface area contributed by atoms with Gasteiger partial charge in [0.15, 0.2) is 4.80 Å². The summed E-state index contributed by atoms with van der Waals surface area (Å²) in [5.74, 6) is -0.358. The predicted octanol–water partition coefficient (Wildman–Crippen LogP) is 3.96. The normalized spacial score (nSPS) is 15.3. The van der Waals surface area contributed by atoms with Crippen LogP contribution in [-0.4, -0.2) is 33.3 Å². The van der Waals surface area contributed by atoms with E-state index < -0.39 is 22.5 Å². The lowest BCUT2D eigenvalue weighted by atomic mass is 9.95. The molecule has 2 heterocycles. The molecule has 0 unspecified atom stereocenters. The maximum absolute atomic E-state index is 13.8. The van der Waals surface area contributed by atoms with Crippen molar-refractivity contribution in [3.63, 3.8) is 0 Å². The molecule has 3 aromatic rings. The summed E-state index contributed by atoms with van der Waals surface area (Å²) in [7, 11) is 0. The van der Waals surface area contributed by atoms with E-state index in [-0.39, 0.29) is 44.3 Å². The van der Waals surface area contributed by atoms with E-state index in [1.165, 1.54) is 22.8 Å². The van der Waals surface area contributed by atoms with E-state index in [0.29, 0.717) is 21.8 Å². The van der Waals surface area contributed by atoms with Gasteiger partial charge in [0.25, 0.3) is 11.2 Å². The molecule has 38 heavy (non-hydrogen) atoms. The van der Waals surface area contributed by atoms with Crippen molar-refractivity contribution in [1.82, 2.24) is 4.57 Å². The lowest BCUT2D eigenvalue weighted by molar-refractivity contribution is -0.385. The highest BCUT2D eigenvalue weighted by Gasteiger charge is 2.35. The third kappa shape index (κ3) is 5.14. The molecule has 0 amide bonds. The van der Waals surface area contributed by atoms with Crippen molar-refractivity contribution in [2.24, 2.45) is 4.99 Å². The van der Waals surface area contributed by atoms with Crippen LogP contribution in [0.25, 0.3) is 6.08 Å². The van der Waals surface area contributed by atoms with E-state index in [4.69, 9.17) is 9.47 Å². The fourth-order valence-corrected chi connectivity index (χ4v) is 5.62. The summed E-state index contributed by atoms with van der Waals surface area (Å²) in [6.45, 7) is 7.25. The summed E-state index contributed by atoms with van der Waals surface area (Å²) < 4.78 is 13.0. The van der Waals surface area contributed by atoms with Gasteiger partial charge in [-0.1, -0.05) is 29.5 Å². The molecule has 198 valence electrons. The molecule has 0 bridgehead atoms. The van der Waals surface area contributed by atoms with Gasteiger partial charge >= 0.3 is 5.97 Å². The quantitative estimate of drug-likeness (QED) is 0.246. The number of aromatic nitrogens is 1. The summed E-state index contributed by atoms with van der Waals surface area (Å²) in [5.41, 5.74) is 0.499. The molecule has 4 rings (SSSR count). The molecule has 1 aliphatic heterocycles. The number of thiazole rings is 1. The number of nitro groups is 1. The van der Waals surface area contributed by atoms with Crippen molar-refractivity contribution in [2.75, 3.05) is 6.61 Å². The number of allylic oxidation sites excluding steroid dienone is 1. The predicted molar refractivity (Wildman–Crippen MR) is 145 cm³/mol. The molecule has 2 aromatic carbocycles. The van der Waals surface area contributed by atoms with Gasteiger partial charge in [0.05, 0.1) is 37.9 Å². The zero-order valence-electron chi connectivity index (χ0n) is 20.9. The second-order valence-corrected chi connectivity index (χ2v) is 10.5. The Bertz CT molecular complexity index is 1660. The van der Waals surface area contributed by atoms with Crippen molar-refractivity contribution in [3.05, 3.63) is 93.1 Å². The largest absolute Gasteiger partial charge is 0.506 e. The summed E-state index contributed by atoms with van der Waals surface area (Å²) >= 11 is 4.16. The summed E-state index contributed by atoms with van der Waals surface area (Å²) in [4.78, 5) is 42.5. The lowest BCUT2D eigenvalue weighted by Crippen LogP contribution is -2.40. The number of rotatable bonds is 7. The topological polar surface area (TPSA) is 133 Å². The van der Waals surface area contributed by atoms with Gasteiger partial charge in [-0.15, -0.1) is 0 Å². The van der Waals surface area contributed by atoms with Crippen molar-refractivity contribution < 1.29 is 24.3 Å². The second kappa shape index (κ2) is 10.9. The Morgan fingerprint density at radius 2 is 2.05 bits per heavy atom. The molecule has 0 spiro atoms. The molecule has 0 aliphatic carbocycles. The number of nitro benzene ring substituents is 1. The first-order chi connectivity index (χ1) is 18.0. The minimum atomic E-state index is -0.896. The van der Waals surface area contributed by atoms with Gasteiger partial charge < -0.3 is 14.6 Å². The van der Waals surface area contributed by atoms with E-state index in [1.807, 2.05) is 13.8 Å². The van der Waals surface area contributed by atoms with E-state index >= 15 is 0 Å². The number of halogens is 1. The number of carbonyl (C=O) groups excluding carboxylic acids is 1. The summed E-state index contributed by atoms with van der Waals surface area (Å²) in [6.07, 6.45) is 1.20. The number of para-hydroxylation sites is 1. The average Bonchev–Trinajstić information content (AvgIpc) is 3.15. The van der Waals surface area contributed by atoms with Crippen molar-refractivity contribution in [1.29, 1.82) is 0 Å². The monoisotopic (exact) mass is 601 g/mol. The highest BCUT2D eigenvalue weighted by molar-refractivity contribution is 9.10. The minimum absolute atomic E-state index is 0.0813. The Labute approximate surface area is 229 Å². The van der Waals surface area contributed by atoms with Crippen LogP contribution in [0, 0.1) is 10.1 Å². The molecule has 0 saturated heterocycles. The standard InChI is InChI=1S/C26H24BrN3O7S/c1-5-36-25(33)21-14(4)28-26-29(22(21)17-8-6-7-9-19(17)37-13(2)3)24(32)20(38-26)11-15-10-16(30(34)35)12-18(27)23(15)31/h6-13,22,31H,5H2,1-4H3/b20-11-/t22-/m1/s1. The molecule has 1 aromatic heterocycles. The molecule has 1 atom stereocenters. The third-order valence-corrected chi connectivity index (χ3v) is 7.26. The Kier molecular flexibility index (Phi) is 7.83. The third-order valence-electron chi connectivity index (χ3n) is 5.67. The molecular formula is C26H24BrN3O7S. The minimum Gasteiger partial charge on any atom is -0.506 e. The zero-order valence-corrected chi connectivity index (χ0v) is 23.3. The molecule has 0 radical (unpaired) electrons. The van der Waals surface area contributed by atoms with Crippen LogP contribution in [0.3, 0.4) is 0 Å². The maximum Gasteiger partial charge on any atom is 0.338 e. The highest BCUT2D eigenvalue weighted by atomic mass is 79.9. The van der Waals surface area contributed by atoms with Crippen LogP contribution in [0.5, 0.6) is 11.5 Å². The van der Waals surface area contributed by atoms with Crippen molar-refractivity contribution >= 4 is 45.0 Å². The van der Waals surface area contributed by atoms with E-state index in [1.54, 1.807) is 38.1 Å². The lowest BCUT2D eigenvalue weighted by Gasteiger charge is -2.26. The number of fused-ring (bicyclic) bond motifs is 1. The number of hydrogen-bond acceptors (Lipinski definition) is 9. The number of ether oxygens (including phenoxy) is 2. The fourth-order valence-electron chi connectivity index (χ4n) is 4.12. The number of nitrogens with zero attached hydrogens (tertiary/aromatic N) is 3. The zero-order chi connectivity index (χ0) is 27.7. The molecule has 0 saturated carbocycles. The van der Waals surface area contributed by atoms with Gasteiger partial charge in [0, 0.05) is 23.3 Å². The van der Waals surface area contributed by atoms with Crippen LogP contribution >= 0.6 is 27.3 Å². The van der Waals surface area contributed by atoms with Crippen LogP contribution in [0.1, 0.15) is 44.9 Å². The average molecular weight is 602 g/mol. The Hall–Kier alpha value is -3.77. The fraction of sp³-hybridized carbons (Fsp3) is 0.269. The van der Waals surface area contributed by atoms with Crippen molar-refractivity contribution in [2.45, 2.75) is 39.8 Å². The first-order valence-electron chi connectivity index (χ1n) is 11.7. The highest BCUT2D eigenvalue weighted by Crippen LogP contribution is 2.36. The SMILES string of the molecule is CCOC(=O)C1=C(C)N=c2s/c(=C\c3cc([N+](=O)[O-])cc(Br)c3O)c(=O)n2[C@@H]1c1ccccc1OC(C)C. The second-order valence-electron chi connectivity index (χ2n) is 8.63. The molecule has 0 fully saturated rings. The van der Waals surface area contributed by atoms with Gasteiger partial charge in [0.2, 0.25) is 0 Å².